The molecule has 20 heavy (non-hydrogen) atoms. The Hall–Kier alpha value is -1.98. The lowest BCUT2D eigenvalue weighted by molar-refractivity contribution is -0.119. The number of hydrogen-bond acceptors (Lipinski definition) is 4. The lowest BCUT2D eigenvalue weighted by Crippen LogP contribution is -2.24. The lowest BCUT2D eigenvalue weighted by atomic mass is 10.3. The standard InChI is InChI=1S/C14H22N4O2/c1-3-7-17(11-19)9-13-5-6-14(16-15-13)10-18(12-20)8-4-2/h5-6,11-12H,3-4,7-10H2,1-2H3. The van der Waals surface area contributed by atoms with Crippen LogP contribution in [0.15, 0.2) is 12.1 Å². The van der Waals surface area contributed by atoms with Gasteiger partial charge in [-0.05, 0) is 25.0 Å². The molecule has 0 aliphatic carbocycles. The highest BCUT2D eigenvalue weighted by Gasteiger charge is 2.06. The van der Waals surface area contributed by atoms with Crippen LogP contribution in [0.25, 0.3) is 0 Å². The second kappa shape index (κ2) is 9.01. The summed E-state index contributed by atoms with van der Waals surface area (Å²) in [5.41, 5.74) is 1.50. The third-order valence-corrected chi connectivity index (χ3v) is 2.82. The molecule has 0 N–H and O–H groups in total. The maximum Gasteiger partial charge on any atom is 0.210 e. The molecule has 0 saturated carbocycles. The molecule has 1 aromatic heterocycles. The molecule has 0 aliphatic rings. The number of carbonyl (C=O) groups excluding carboxylic acids is 2. The first-order chi connectivity index (χ1) is 9.73. The molecule has 1 heterocycles. The minimum atomic E-state index is 0.469. The van der Waals surface area contributed by atoms with Crippen molar-refractivity contribution < 1.29 is 9.59 Å². The fourth-order valence-electron chi connectivity index (χ4n) is 1.88. The van der Waals surface area contributed by atoms with Crippen LogP contribution in [0.3, 0.4) is 0 Å². The Kier molecular flexibility index (Phi) is 7.24. The van der Waals surface area contributed by atoms with Gasteiger partial charge in [0.2, 0.25) is 12.8 Å². The summed E-state index contributed by atoms with van der Waals surface area (Å²) in [5, 5.41) is 8.21. The summed E-state index contributed by atoms with van der Waals surface area (Å²) in [4.78, 5) is 25.0. The molecule has 0 aromatic carbocycles. The van der Waals surface area contributed by atoms with Crippen molar-refractivity contribution in [2.75, 3.05) is 13.1 Å². The van der Waals surface area contributed by atoms with E-state index in [1.165, 1.54) is 0 Å². The van der Waals surface area contributed by atoms with E-state index in [2.05, 4.69) is 10.2 Å². The molecule has 0 saturated heterocycles. The third-order valence-electron chi connectivity index (χ3n) is 2.82. The van der Waals surface area contributed by atoms with Gasteiger partial charge in [0.05, 0.1) is 24.5 Å². The monoisotopic (exact) mass is 278 g/mol. The minimum absolute atomic E-state index is 0.469. The number of hydrogen-bond donors (Lipinski definition) is 0. The predicted molar refractivity (Wildman–Crippen MR) is 75.6 cm³/mol. The fourth-order valence-corrected chi connectivity index (χ4v) is 1.88. The Labute approximate surface area is 119 Å². The van der Waals surface area contributed by atoms with Crippen molar-refractivity contribution in [1.29, 1.82) is 0 Å². The van der Waals surface area contributed by atoms with Crippen LogP contribution in [0.1, 0.15) is 38.1 Å². The van der Waals surface area contributed by atoms with E-state index in [9.17, 15) is 9.59 Å². The third kappa shape index (κ3) is 5.34. The van der Waals surface area contributed by atoms with Gasteiger partial charge in [0.25, 0.3) is 0 Å². The normalized spacial score (nSPS) is 10.1. The Morgan fingerprint density at radius 1 is 0.900 bits per heavy atom. The van der Waals surface area contributed by atoms with Crippen LogP contribution in [0.5, 0.6) is 0 Å². The zero-order chi connectivity index (χ0) is 14.8. The van der Waals surface area contributed by atoms with E-state index in [1.54, 1.807) is 9.80 Å². The summed E-state index contributed by atoms with van der Waals surface area (Å²) in [5.74, 6) is 0. The van der Waals surface area contributed by atoms with Crippen molar-refractivity contribution in [2.24, 2.45) is 0 Å². The molecule has 0 radical (unpaired) electrons. The van der Waals surface area contributed by atoms with E-state index in [4.69, 9.17) is 0 Å². The van der Waals surface area contributed by atoms with Gasteiger partial charge in [-0.1, -0.05) is 13.8 Å². The van der Waals surface area contributed by atoms with Crippen LogP contribution in [0.2, 0.25) is 0 Å². The maximum atomic E-state index is 10.9. The molecule has 0 unspecified atom stereocenters. The highest BCUT2D eigenvalue weighted by atomic mass is 16.1. The molecule has 6 nitrogen and oxygen atoms in total. The summed E-state index contributed by atoms with van der Waals surface area (Å²) < 4.78 is 0. The van der Waals surface area contributed by atoms with Crippen LogP contribution < -0.4 is 0 Å². The molecule has 1 aromatic rings. The molecular formula is C14H22N4O2. The fraction of sp³-hybridized carbons (Fsp3) is 0.571. The van der Waals surface area contributed by atoms with Crippen molar-refractivity contribution in [2.45, 2.75) is 39.8 Å². The highest BCUT2D eigenvalue weighted by molar-refractivity contribution is 5.47. The molecule has 0 aliphatic heterocycles. The van der Waals surface area contributed by atoms with E-state index in [1.807, 2.05) is 26.0 Å². The van der Waals surface area contributed by atoms with Crippen molar-refractivity contribution in [3.05, 3.63) is 23.5 Å². The summed E-state index contributed by atoms with van der Waals surface area (Å²) in [6.07, 6.45) is 3.48. The SMILES string of the molecule is CCCN(C=O)Cc1ccc(CN(C=O)CCC)nn1. The second-order valence-corrected chi connectivity index (χ2v) is 4.67. The van der Waals surface area contributed by atoms with Crippen LogP contribution in [0, 0.1) is 0 Å². The van der Waals surface area contributed by atoms with Gasteiger partial charge in [-0.2, -0.15) is 10.2 Å². The zero-order valence-corrected chi connectivity index (χ0v) is 12.2. The van der Waals surface area contributed by atoms with E-state index in [0.29, 0.717) is 26.2 Å². The Morgan fingerprint density at radius 3 is 1.55 bits per heavy atom. The largest absolute Gasteiger partial charge is 0.339 e. The first-order valence-electron chi connectivity index (χ1n) is 6.93. The number of rotatable bonds is 10. The van der Waals surface area contributed by atoms with Crippen LogP contribution in [-0.4, -0.2) is 45.9 Å². The van der Waals surface area contributed by atoms with E-state index >= 15 is 0 Å². The van der Waals surface area contributed by atoms with Crippen LogP contribution in [-0.2, 0) is 22.7 Å². The van der Waals surface area contributed by atoms with Crippen molar-refractivity contribution in [3.63, 3.8) is 0 Å². The highest BCUT2D eigenvalue weighted by Crippen LogP contribution is 2.03. The van der Waals surface area contributed by atoms with Gasteiger partial charge >= 0.3 is 0 Å². The zero-order valence-electron chi connectivity index (χ0n) is 12.2. The number of amides is 2. The first kappa shape index (κ1) is 16.1. The van der Waals surface area contributed by atoms with E-state index in [0.717, 1.165) is 37.0 Å². The van der Waals surface area contributed by atoms with Crippen molar-refractivity contribution in [1.82, 2.24) is 20.0 Å². The van der Waals surface area contributed by atoms with Gasteiger partial charge in [0.15, 0.2) is 0 Å². The minimum Gasteiger partial charge on any atom is -0.339 e. The van der Waals surface area contributed by atoms with E-state index < -0.39 is 0 Å². The topological polar surface area (TPSA) is 66.4 Å². The molecule has 6 heteroatoms. The van der Waals surface area contributed by atoms with Gasteiger partial charge in [0.1, 0.15) is 0 Å². The molecule has 2 amide bonds. The second-order valence-electron chi connectivity index (χ2n) is 4.67. The summed E-state index contributed by atoms with van der Waals surface area (Å²) in [6.45, 7) is 6.40. The van der Waals surface area contributed by atoms with Gasteiger partial charge in [0, 0.05) is 13.1 Å². The van der Waals surface area contributed by atoms with Gasteiger partial charge in [-0.3, -0.25) is 9.59 Å². The van der Waals surface area contributed by atoms with Crippen molar-refractivity contribution >= 4 is 12.8 Å². The molecule has 0 bridgehead atoms. The number of nitrogens with zero attached hydrogens (tertiary/aromatic N) is 4. The molecule has 0 atom stereocenters. The summed E-state index contributed by atoms with van der Waals surface area (Å²) in [6, 6.07) is 3.70. The van der Waals surface area contributed by atoms with Crippen LogP contribution >= 0.6 is 0 Å². The molecular weight excluding hydrogens is 256 g/mol. The van der Waals surface area contributed by atoms with E-state index in [-0.39, 0.29) is 0 Å². The molecule has 0 fully saturated rings. The molecule has 0 spiro atoms. The van der Waals surface area contributed by atoms with Crippen molar-refractivity contribution in [3.8, 4) is 0 Å². The van der Waals surface area contributed by atoms with Crippen LogP contribution in [0.4, 0.5) is 0 Å². The molecule has 1 rings (SSSR count). The number of carbonyl (C=O) groups is 2. The number of aromatic nitrogens is 2. The summed E-state index contributed by atoms with van der Waals surface area (Å²) in [7, 11) is 0. The first-order valence-corrected chi connectivity index (χ1v) is 6.93. The lowest BCUT2D eigenvalue weighted by Gasteiger charge is -2.17. The average Bonchev–Trinajstić information content (AvgIpc) is 2.48. The Balaban J connectivity index is 2.59. The summed E-state index contributed by atoms with van der Waals surface area (Å²) >= 11 is 0. The van der Waals surface area contributed by atoms with Gasteiger partial charge in [-0.25, -0.2) is 0 Å². The smallest absolute Gasteiger partial charge is 0.210 e. The quantitative estimate of drug-likeness (QED) is 0.603. The van der Waals surface area contributed by atoms with Gasteiger partial charge in [-0.15, -0.1) is 0 Å². The Morgan fingerprint density at radius 2 is 1.30 bits per heavy atom. The molecule has 110 valence electrons. The average molecular weight is 278 g/mol. The Bertz CT molecular complexity index is 369. The van der Waals surface area contributed by atoms with Gasteiger partial charge < -0.3 is 9.80 Å². The predicted octanol–water partition coefficient (Wildman–Crippen LogP) is 1.21. The maximum absolute atomic E-state index is 10.9.